The number of nitrogens with zero attached hydrogens (tertiary/aromatic N) is 2. The summed E-state index contributed by atoms with van der Waals surface area (Å²) in [5, 5.41) is 18.2. The molecule has 1 rings (SSSR count). The molecule has 0 saturated carbocycles. The highest BCUT2D eigenvalue weighted by molar-refractivity contribution is 5.82. The van der Waals surface area contributed by atoms with E-state index in [0.717, 1.165) is 5.56 Å². The van der Waals surface area contributed by atoms with Gasteiger partial charge in [0.1, 0.15) is 6.04 Å². The van der Waals surface area contributed by atoms with E-state index in [4.69, 9.17) is 5.11 Å². The van der Waals surface area contributed by atoms with Gasteiger partial charge >= 0.3 is 12.0 Å². The maximum absolute atomic E-state index is 11.6. The zero-order valence-electron chi connectivity index (χ0n) is 12.1. The molecule has 0 bridgehead atoms. The van der Waals surface area contributed by atoms with E-state index in [9.17, 15) is 9.59 Å². The number of nitrogens with one attached hydrogen (secondary N) is 2. The van der Waals surface area contributed by atoms with Crippen LogP contribution >= 0.6 is 0 Å². The van der Waals surface area contributed by atoms with Gasteiger partial charge in [-0.25, -0.2) is 9.59 Å². The van der Waals surface area contributed by atoms with Crippen molar-refractivity contribution in [3.8, 4) is 0 Å². The quantitative estimate of drug-likeness (QED) is 0.688. The van der Waals surface area contributed by atoms with Crippen molar-refractivity contribution in [2.24, 2.45) is 13.0 Å². The Labute approximate surface area is 118 Å². The Morgan fingerprint density at radius 3 is 2.65 bits per heavy atom. The van der Waals surface area contributed by atoms with Gasteiger partial charge in [-0.1, -0.05) is 13.8 Å². The Balaban J connectivity index is 2.32. The van der Waals surface area contributed by atoms with Gasteiger partial charge in [-0.15, -0.1) is 0 Å². The van der Waals surface area contributed by atoms with E-state index in [2.05, 4.69) is 15.7 Å². The molecule has 0 aliphatic rings. The summed E-state index contributed by atoms with van der Waals surface area (Å²) >= 11 is 0. The molecule has 0 spiro atoms. The largest absolute Gasteiger partial charge is 0.480 e. The zero-order valence-corrected chi connectivity index (χ0v) is 12.1. The number of carbonyl (C=O) groups is 2. The Morgan fingerprint density at radius 1 is 1.45 bits per heavy atom. The van der Waals surface area contributed by atoms with Gasteiger partial charge in [-0.05, 0) is 24.3 Å². The van der Waals surface area contributed by atoms with Gasteiger partial charge in [-0.2, -0.15) is 5.10 Å². The summed E-state index contributed by atoms with van der Waals surface area (Å²) in [6.07, 6.45) is 4.67. The van der Waals surface area contributed by atoms with E-state index < -0.39 is 18.0 Å². The maximum atomic E-state index is 11.6. The molecule has 1 heterocycles. The number of hydrogen-bond acceptors (Lipinski definition) is 3. The molecule has 0 saturated heterocycles. The van der Waals surface area contributed by atoms with Crippen molar-refractivity contribution in [1.29, 1.82) is 0 Å². The number of carboxylic acids is 1. The SMILES string of the molecule is CC(C)C[C@@H](NC(=O)NCCc1cnn(C)c1)C(=O)O. The Bertz CT molecular complexity index is 456. The molecule has 0 radical (unpaired) electrons. The number of amides is 2. The van der Waals surface area contributed by atoms with E-state index in [0.29, 0.717) is 19.4 Å². The summed E-state index contributed by atoms with van der Waals surface area (Å²) in [6.45, 7) is 4.27. The summed E-state index contributed by atoms with van der Waals surface area (Å²) in [5.74, 6) is -0.812. The van der Waals surface area contributed by atoms with Crippen molar-refractivity contribution in [2.75, 3.05) is 6.54 Å². The topological polar surface area (TPSA) is 96.3 Å². The number of carboxylic acid groups (broad SMARTS) is 1. The van der Waals surface area contributed by atoms with Gasteiger partial charge < -0.3 is 15.7 Å². The molecule has 0 aliphatic carbocycles. The van der Waals surface area contributed by atoms with Crippen LogP contribution in [0.4, 0.5) is 4.79 Å². The molecule has 0 unspecified atom stereocenters. The lowest BCUT2D eigenvalue weighted by Crippen LogP contribution is -2.47. The fourth-order valence-corrected chi connectivity index (χ4v) is 1.82. The molecule has 0 fully saturated rings. The molecule has 1 aromatic heterocycles. The number of urea groups is 1. The van der Waals surface area contributed by atoms with Crippen molar-refractivity contribution in [3.05, 3.63) is 18.0 Å². The second-order valence-corrected chi connectivity index (χ2v) is 5.19. The third-order valence-electron chi connectivity index (χ3n) is 2.77. The maximum Gasteiger partial charge on any atom is 0.326 e. The van der Waals surface area contributed by atoms with E-state index in [1.54, 1.807) is 10.9 Å². The van der Waals surface area contributed by atoms with Gasteiger partial charge in [0, 0.05) is 19.8 Å². The minimum absolute atomic E-state index is 0.201. The lowest BCUT2D eigenvalue weighted by atomic mass is 10.0. The van der Waals surface area contributed by atoms with E-state index in [1.165, 1.54) is 0 Å². The first-order chi connectivity index (χ1) is 9.38. The van der Waals surface area contributed by atoms with Crippen LogP contribution in [-0.4, -0.2) is 39.5 Å². The summed E-state index contributed by atoms with van der Waals surface area (Å²) in [7, 11) is 1.83. The van der Waals surface area contributed by atoms with Crippen LogP contribution < -0.4 is 10.6 Å². The lowest BCUT2D eigenvalue weighted by molar-refractivity contribution is -0.139. The minimum atomic E-state index is -1.01. The van der Waals surface area contributed by atoms with Crippen molar-refractivity contribution in [2.45, 2.75) is 32.7 Å². The van der Waals surface area contributed by atoms with Gasteiger partial charge in [-0.3, -0.25) is 4.68 Å². The molecule has 0 aromatic carbocycles. The van der Waals surface area contributed by atoms with Crippen LogP contribution in [0, 0.1) is 5.92 Å². The monoisotopic (exact) mass is 282 g/mol. The molecule has 112 valence electrons. The smallest absolute Gasteiger partial charge is 0.326 e. The summed E-state index contributed by atoms with van der Waals surface area (Å²) < 4.78 is 1.69. The van der Waals surface area contributed by atoms with Gasteiger partial charge in [0.25, 0.3) is 0 Å². The molecule has 0 aliphatic heterocycles. The third-order valence-corrected chi connectivity index (χ3v) is 2.77. The molecule has 7 heteroatoms. The van der Waals surface area contributed by atoms with Crippen molar-refractivity contribution in [3.63, 3.8) is 0 Å². The number of aliphatic carboxylic acids is 1. The lowest BCUT2D eigenvalue weighted by Gasteiger charge is -2.16. The molecule has 1 aromatic rings. The average molecular weight is 282 g/mol. The van der Waals surface area contributed by atoms with E-state index in [1.807, 2.05) is 27.1 Å². The van der Waals surface area contributed by atoms with Crippen molar-refractivity contribution >= 4 is 12.0 Å². The number of aryl methyl sites for hydroxylation is 1. The van der Waals surface area contributed by atoms with Gasteiger partial charge in [0.05, 0.1) is 6.20 Å². The van der Waals surface area contributed by atoms with Crippen LogP contribution in [0.5, 0.6) is 0 Å². The molecular weight excluding hydrogens is 260 g/mol. The number of aromatic nitrogens is 2. The Kier molecular flexibility index (Phi) is 6.02. The van der Waals surface area contributed by atoms with Crippen LogP contribution in [0.2, 0.25) is 0 Å². The van der Waals surface area contributed by atoms with Crippen molar-refractivity contribution in [1.82, 2.24) is 20.4 Å². The van der Waals surface area contributed by atoms with Crippen LogP contribution in [0.3, 0.4) is 0 Å². The van der Waals surface area contributed by atoms with Gasteiger partial charge in [0.15, 0.2) is 0 Å². The molecule has 1 atom stereocenters. The standard InChI is InChI=1S/C13H22N4O3/c1-9(2)6-11(12(18)19)16-13(20)14-5-4-10-7-15-17(3)8-10/h7-9,11H,4-6H2,1-3H3,(H,18,19)(H2,14,16,20)/t11-/m1/s1. The number of hydrogen-bond donors (Lipinski definition) is 3. The van der Waals surface area contributed by atoms with Crippen molar-refractivity contribution < 1.29 is 14.7 Å². The first-order valence-corrected chi connectivity index (χ1v) is 6.63. The molecule has 2 amide bonds. The van der Waals surface area contributed by atoms with Crippen LogP contribution in [0.25, 0.3) is 0 Å². The predicted octanol–water partition coefficient (Wildman–Crippen LogP) is 0.761. The fourth-order valence-electron chi connectivity index (χ4n) is 1.82. The highest BCUT2D eigenvalue weighted by Gasteiger charge is 2.20. The van der Waals surface area contributed by atoms with E-state index in [-0.39, 0.29) is 5.92 Å². The normalized spacial score (nSPS) is 12.2. The molecule has 3 N–H and O–H groups in total. The summed E-state index contributed by atoms with van der Waals surface area (Å²) in [4.78, 5) is 22.6. The number of carbonyl (C=O) groups excluding carboxylic acids is 1. The predicted molar refractivity (Wildman–Crippen MR) is 74.3 cm³/mol. The van der Waals surface area contributed by atoms with Crippen LogP contribution in [-0.2, 0) is 18.3 Å². The second kappa shape index (κ2) is 7.52. The second-order valence-electron chi connectivity index (χ2n) is 5.19. The fraction of sp³-hybridized carbons (Fsp3) is 0.615. The zero-order chi connectivity index (χ0) is 15.1. The summed E-state index contributed by atoms with van der Waals surface area (Å²) in [5.41, 5.74) is 1.02. The molecule has 20 heavy (non-hydrogen) atoms. The highest BCUT2D eigenvalue weighted by atomic mass is 16.4. The molecular formula is C13H22N4O3. The third kappa shape index (κ3) is 5.73. The first-order valence-electron chi connectivity index (χ1n) is 6.63. The molecule has 7 nitrogen and oxygen atoms in total. The van der Waals surface area contributed by atoms with Crippen LogP contribution in [0.15, 0.2) is 12.4 Å². The first kappa shape index (κ1) is 16.0. The van der Waals surface area contributed by atoms with E-state index >= 15 is 0 Å². The van der Waals surface area contributed by atoms with Crippen LogP contribution in [0.1, 0.15) is 25.8 Å². The highest BCUT2D eigenvalue weighted by Crippen LogP contribution is 2.04. The summed E-state index contributed by atoms with van der Waals surface area (Å²) in [6, 6.07) is -1.31. The van der Waals surface area contributed by atoms with Gasteiger partial charge in [0.2, 0.25) is 0 Å². The minimum Gasteiger partial charge on any atom is -0.480 e. The Morgan fingerprint density at radius 2 is 2.15 bits per heavy atom. The Hall–Kier alpha value is -2.05. The average Bonchev–Trinajstić information content (AvgIpc) is 2.73. The number of rotatable bonds is 7.